The first kappa shape index (κ1) is 19.2. The largest absolute Gasteiger partial charge is 0.374 e. The Balaban J connectivity index is 2.07. The lowest BCUT2D eigenvalue weighted by Gasteiger charge is -2.30. The van der Waals surface area contributed by atoms with Crippen molar-refractivity contribution in [3.8, 4) is 0 Å². The second kappa shape index (κ2) is 8.79. The van der Waals surface area contributed by atoms with Crippen LogP contribution >= 0.6 is 22.5 Å². The summed E-state index contributed by atoms with van der Waals surface area (Å²) in [7, 11) is 8.29. The molecule has 0 saturated heterocycles. The van der Waals surface area contributed by atoms with Gasteiger partial charge in [0.15, 0.2) is 6.29 Å². The Labute approximate surface area is 154 Å². The number of fused-ring (bicyclic) bond motifs is 1. The van der Waals surface area contributed by atoms with E-state index in [1.165, 1.54) is 5.69 Å². The molecule has 2 rings (SSSR count). The Hall–Kier alpha value is -1.17. The molecule has 0 fully saturated rings. The van der Waals surface area contributed by atoms with Gasteiger partial charge in [0.1, 0.15) is 0 Å². The predicted octanol–water partition coefficient (Wildman–Crippen LogP) is 4.13. The lowest BCUT2D eigenvalue weighted by molar-refractivity contribution is -0.887. The Bertz CT molecular complexity index is 688. The molecule has 0 saturated carbocycles. The van der Waals surface area contributed by atoms with Crippen molar-refractivity contribution in [1.82, 2.24) is 0 Å². The molecular weight excluding hydrogens is 336 g/mol. The van der Waals surface area contributed by atoms with E-state index in [0.717, 1.165) is 58.9 Å². The Morgan fingerprint density at radius 1 is 1.12 bits per heavy atom. The van der Waals surface area contributed by atoms with Gasteiger partial charge in [-0.2, -0.15) is 0 Å². The predicted molar refractivity (Wildman–Crippen MR) is 111 cm³/mol. The van der Waals surface area contributed by atoms with E-state index in [-0.39, 0.29) is 0 Å². The van der Waals surface area contributed by atoms with Crippen LogP contribution < -0.4 is 4.90 Å². The smallest absolute Gasteiger partial charge is 0.150 e. The van der Waals surface area contributed by atoms with Crippen LogP contribution in [0.4, 0.5) is 5.69 Å². The van der Waals surface area contributed by atoms with Crippen molar-refractivity contribution >= 4 is 45.2 Å². The average Bonchev–Trinajstić information content (AvgIpc) is 2.58. The molecule has 0 unspecified atom stereocenters. The third-order valence-electron chi connectivity index (χ3n) is 4.52. The van der Waals surface area contributed by atoms with Crippen LogP contribution in [0, 0.1) is 0 Å². The summed E-state index contributed by atoms with van der Waals surface area (Å²) in [5.41, 5.74) is 1.94. The highest BCUT2D eigenvalue weighted by atomic mass is 33.1. The number of rotatable bonds is 9. The van der Waals surface area contributed by atoms with E-state index in [1.807, 2.05) is 24.3 Å². The lowest BCUT2D eigenvalue weighted by Crippen LogP contribution is -2.43. The summed E-state index contributed by atoms with van der Waals surface area (Å²) >= 11 is 4.23. The molecule has 0 N–H and O–H groups in total. The van der Waals surface area contributed by atoms with Crippen molar-refractivity contribution in [1.29, 1.82) is 0 Å². The van der Waals surface area contributed by atoms with Gasteiger partial charge in [0.25, 0.3) is 0 Å². The molecule has 0 aliphatic heterocycles. The number of carbonyl (C=O) groups is 1. The number of quaternary nitrogens is 1. The van der Waals surface area contributed by atoms with E-state index >= 15 is 0 Å². The minimum Gasteiger partial charge on any atom is -0.374 e. The highest BCUT2D eigenvalue weighted by Gasteiger charge is 2.15. The third-order valence-corrected chi connectivity index (χ3v) is 5.43. The van der Waals surface area contributed by atoms with Gasteiger partial charge < -0.3 is 9.38 Å². The number of hydrogen-bond acceptors (Lipinski definition) is 4. The molecule has 0 atom stereocenters. The number of aldehydes is 1. The van der Waals surface area contributed by atoms with E-state index in [1.54, 1.807) is 10.8 Å². The summed E-state index contributed by atoms with van der Waals surface area (Å²) < 4.78 is 1.02. The molecule has 2 aromatic carbocycles. The summed E-state index contributed by atoms with van der Waals surface area (Å²) in [6.07, 6.45) is 2.07. The fourth-order valence-corrected chi connectivity index (χ4v) is 3.82. The van der Waals surface area contributed by atoms with Crippen molar-refractivity contribution in [3.63, 3.8) is 0 Å². The SMILES string of the molecule is CN(CCC[N+](C)(C)CCSS)c1ccc(C=O)c2ccccc12. The van der Waals surface area contributed by atoms with Gasteiger partial charge in [0.2, 0.25) is 0 Å². The molecule has 0 amide bonds. The quantitative estimate of drug-likeness (QED) is 0.313. The monoisotopic (exact) mass is 363 g/mol. The number of thiol groups is 1. The molecule has 0 radical (unpaired) electrons. The third kappa shape index (κ3) is 4.91. The summed E-state index contributed by atoms with van der Waals surface area (Å²) in [4.78, 5) is 13.5. The number of benzene rings is 2. The van der Waals surface area contributed by atoms with E-state index in [9.17, 15) is 4.79 Å². The normalized spacial score (nSPS) is 11.7. The number of hydrogen-bond donors (Lipinski definition) is 1. The average molecular weight is 364 g/mol. The molecule has 24 heavy (non-hydrogen) atoms. The highest BCUT2D eigenvalue weighted by Crippen LogP contribution is 2.28. The van der Waals surface area contributed by atoms with Crippen LogP contribution in [0.1, 0.15) is 16.8 Å². The van der Waals surface area contributed by atoms with Gasteiger partial charge in [-0.3, -0.25) is 4.79 Å². The van der Waals surface area contributed by atoms with Gasteiger partial charge in [0, 0.05) is 36.7 Å². The molecule has 0 bridgehead atoms. The standard InChI is InChI=1S/C19H26N2OS2/c1-20(11-6-12-21(2,3)13-14-24-23)19-10-9-16(15-22)17-7-4-5-8-18(17)19/h4-5,7-10,15H,6,11-14H2,1-3H3/p+1. The van der Waals surface area contributed by atoms with Crippen molar-refractivity contribution in [2.75, 3.05) is 51.4 Å². The minimum atomic E-state index is 0.754. The maximum Gasteiger partial charge on any atom is 0.150 e. The topological polar surface area (TPSA) is 20.3 Å². The molecule has 0 aromatic heterocycles. The van der Waals surface area contributed by atoms with Gasteiger partial charge in [-0.1, -0.05) is 35.1 Å². The van der Waals surface area contributed by atoms with Gasteiger partial charge in [-0.15, -0.1) is 11.7 Å². The number of carbonyl (C=O) groups excluding carboxylic acids is 1. The van der Waals surface area contributed by atoms with Crippen molar-refractivity contribution in [3.05, 3.63) is 42.0 Å². The Morgan fingerprint density at radius 3 is 2.50 bits per heavy atom. The number of nitrogens with zero attached hydrogens (tertiary/aromatic N) is 2. The van der Waals surface area contributed by atoms with E-state index < -0.39 is 0 Å². The maximum absolute atomic E-state index is 11.2. The summed E-state index contributed by atoms with van der Waals surface area (Å²) in [5.74, 6) is 1.07. The molecule has 0 heterocycles. The van der Waals surface area contributed by atoms with Crippen LogP contribution in [0.2, 0.25) is 0 Å². The summed E-state index contributed by atoms with van der Waals surface area (Å²) in [6, 6.07) is 12.1. The van der Waals surface area contributed by atoms with Gasteiger partial charge >= 0.3 is 0 Å². The second-order valence-electron chi connectivity index (χ2n) is 6.83. The maximum atomic E-state index is 11.2. The molecule has 2 aromatic rings. The van der Waals surface area contributed by atoms with E-state index in [4.69, 9.17) is 0 Å². The first-order valence-electron chi connectivity index (χ1n) is 8.25. The summed E-state index contributed by atoms with van der Waals surface area (Å²) in [5, 5.41) is 2.17. The molecule has 5 heteroatoms. The van der Waals surface area contributed by atoms with Crippen LogP contribution in [0.5, 0.6) is 0 Å². The van der Waals surface area contributed by atoms with Gasteiger partial charge in [0.05, 0.1) is 32.9 Å². The van der Waals surface area contributed by atoms with Crippen LogP contribution in [0.25, 0.3) is 10.8 Å². The van der Waals surface area contributed by atoms with Crippen molar-refractivity contribution in [2.24, 2.45) is 0 Å². The van der Waals surface area contributed by atoms with Crippen LogP contribution in [-0.4, -0.2) is 57.3 Å². The van der Waals surface area contributed by atoms with Gasteiger partial charge in [-0.05, 0) is 17.5 Å². The van der Waals surface area contributed by atoms with E-state index in [0.29, 0.717) is 0 Å². The van der Waals surface area contributed by atoms with Crippen LogP contribution in [0.3, 0.4) is 0 Å². The van der Waals surface area contributed by atoms with Crippen LogP contribution in [-0.2, 0) is 0 Å². The Kier molecular flexibility index (Phi) is 7.02. The molecule has 3 nitrogen and oxygen atoms in total. The first-order valence-corrected chi connectivity index (χ1v) is 10.3. The second-order valence-corrected chi connectivity index (χ2v) is 8.27. The lowest BCUT2D eigenvalue weighted by atomic mass is 10.0. The highest BCUT2D eigenvalue weighted by molar-refractivity contribution is 8.68. The fraction of sp³-hybridized carbons (Fsp3) is 0.421. The molecular formula is C19H27N2OS2+. The summed E-state index contributed by atoms with van der Waals surface area (Å²) in [6.45, 7) is 3.28. The van der Waals surface area contributed by atoms with Crippen molar-refractivity contribution in [2.45, 2.75) is 6.42 Å². The van der Waals surface area contributed by atoms with Gasteiger partial charge in [-0.25, -0.2) is 0 Å². The zero-order valence-electron chi connectivity index (χ0n) is 14.7. The molecule has 0 aliphatic rings. The Morgan fingerprint density at radius 2 is 1.83 bits per heavy atom. The van der Waals surface area contributed by atoms with Crippen molar-refractivity contribution < 1.29 is 9.28 Å². The molecule has 0 spiro atoms. The minimum absolute atomic E-state index is 0.754. The fourth-order valence-electron chi connectivity index (χ4n) is 3.00. The van der Waals surface area contributed by atoms with E-state index in [2.05, 4.69) is 49.8 Å². The number of anilines is 1. The zero-order valence-corrected chi connectivity index (χ0v) is 16.4. The first-order chi connectivity index (χ1) is 11.5. The molecule has 130 valence electrons. The zero-order chi connectivity index (χ0) is 17.6. The molecule has 0 aliphatic carbocycles. The van der Waals surface area contributed by atoms with Crippen LogP contribution in [0.15, 0.2) is 36.4 Å².